The Kier molecular flexibility index (Phi) is 4.91. The quantitative estimate of drug-likeness (QED) is 0.641. The van der Waals surface area contributed by atoms with Gasteiger partial charge in [-0.2, -0.15) is 8.42 Å². The number of nitrogens with one attached hydrogen (secondary N) is 1. The third-order valence-corrected chi connectivity index (χ3v) is 6.32. The standard InChI is InChI=1S/C11H21N3O5S2/c12-21(18,19)13-6-9-2-1-4-14(7-9)11(15)10-3-5-20(16,17)8-10/h9-10,13H,1-8H2,(H2,12,18,19). The van der Waals surface area contributed by atoms with Gasteiger partial charge in [-0.1, -0.05) is 0 Å². The number of hydrogen-bond donors (Lipinski definition) is 2. The third-order valence-electron chi connectivity index (χ3n) is 3.99. The van der Waals surface area contributed by atoms with Gasteiger partial charge in [0.05, 0.1) is 17.4 Å². The summed E-state index contributed by atoms with van der Waals surface area (Å²) in [5, 5.41) is 4.89. The second kappa shape index (κ2) is 6.19. The first kappa shape index (κ1) is 16.7. The number of amides is 1. The Morgan fingerprint density at radius 2 is 2.05 bits per heavy atom. The molecule has 0 aromatic carbocycles. The first-order chi connectivity index (χ1) is 9.66. The van der Waals surface area contributed by atoms with E-state index in [4.69, 9.17) is 5.14 Å². The first-order valence-electron chi connectivity index (χ1n) is 6.93. The molecule has 2 atom stereocenters. The minimum Gasteiger partial charge on any atom is -0.342 e. The Morgan fingerprint density at radius 3 is 2.62 bits per heavy atom. The number of likely N-dealkylation sites (tertiary alicyclic amines) is 1. The molecule has 0 aromatic heterocycles. The van der Waals surface area contributed by atoms with Gasteiger partial charge in [-0.15, -0.1) is 0 Å². The fourth-order valence-electron chi connectivity index (χ4n) is 2.91. The van der Waals surface area contributed by atoms with Crippen molar-refractivity contribution in [1.29, 1.82) is 0 Å². The predicted octanol–water partition coefficient (Wildman–Crippen LogP) is -1.55. The highest BCUT2D eigenvalue weighted by molar-refractivity contribution is 7.91. The maximum atomic E-state index is 12.3. The van der Waals surface area contributed by atoms with E-state index in [0.29, 0.717) is 19.5 Å². The lowest BCUT2D eigenvalue weighted by molar-refractivity contribution is -0.136. The van der Waals surface area contributed by atoms with Crippen molar-refractivity contribution in [1.82, 2.24) is 9.62 Å². The molecule has 3 N–H and O–H groups in total. The summed E-state index contributed by atoms with van der Waals surface area (Å²) in [6, 6.07) is 0. The summed E-state index contributed by atoms with van der Waals surface area (Å²) in [6.07, 6.45) is 1.98. The molecule has 0 saturated carbocycles. The van der Waals surface area contributed by atoms with Crippen molar-refractivity contribution >= 4 is 26.0 Å². The van der Waals surface area contributed by atoms with Crippen LogP contribution in [0.2, 0.25) is 0 Å². The Bertz CT molecular complexity index is 601. The molecule has 2 aliphatic heterocycles. The lowest BCUT2D eigenvalue weighted by Crippen LogP contribution is -2.46. The van der Waals surface area contributed by atoms with Gasteiger partial charge in [0.1, 0.15) is 0 Å². The van der Waals surface area contributed by atoms with E-state index < -0.39 is 26.0 Å². The van der Waals surface area contributed by atoms with Crippen molar-refractivity contribution in [3.63, 3.8) is 0 Å². The maximum absolute atomic E-state index is 12.3. The van der Waals surface area contributed by atoms with Crippen LogP contribution in [0.3, 0.4) is 0 Å². The van der Waals surface area contributed by atoms with Crippen LogP contribution in [0.15, 0.2) is 0 Å². The van der Waals surface area contributed by atoms with Gasteiger partial charge in [0.25, 0.3) is 10.2 Å². The van der Waals surface area contributed by atoms with Crippen molar-refractivity contribution in [3.05, 3.63) is 0 Å². The molecule has 2 unspecified atom stereocenters. The molecule has 0 aliphatic carbocycles. The summed E-state index contributed by atoms with van der Waals surface area (Å²) in [6.45, 7) is 1.24. The Morgan fingerprint density at radius 1 is 1.33 bits per heavy atom. The fourth-order valence-corrected chi connectivity index (χ4v) is 5.11. The molecule has 122 valence electrons. The number of nitrogens with zero attached hydrogens (tertiary/aromatic N) is 1. The number of nitrogens with two attached hydrogens (primary N) is 1. The smallest absolute Gasteiger partial charge is 0.274 e. The average Bonchev–Trinajstić information content (AvgIpc) is 2.75. The molecule has 0 spiro atoms. The summed E-state index contributed by atoms with van der Waals surface area (Å²) in [5.74, 6) is -0.550. The fraction of sp³-hybridized carbons (Fsp3) is 0.909. The van der Waals surface area contributed by atoms with E-state index in [1.165, 1.54) is 0 Å². The largest absolute Gasteiger partial charge is 0.342 e. The van der Waals surface area contributed by atoms with E-state index in [1.54, 1.807) is 4.90 Å². The van der Waals surface area contributed by atoms with Gasteiger partial charge in [0, 0.05) is 19.6 Å². The van der Waals surface area contributed by atoms with Crippen LogP contribution in [-0.4, -0.2) is 58.8 Å². The van der Waals surface area contributed by atoms with Gasteiger partial charge < -0.3 is 4.90 Å². The Labute approximate surface area is 125 Å². The number of carbonyl (C=O) groups excluding carboxylic acids is 1. The number of piperidine rings is 1. The molecule has 2 saturated heterocycles. The highest BCUT2D eigenvalue weighted by atomic mass is 32.2. The number of carbonyl (C=O) groups is 1. The SMILES string of the molecule is NS(=O)(=O)NCC1CCCN(C(=O)C2CCS(=O)(=O)C2)C1. The molecule has 2 rings (SSSR count). The van der Waals surface area contributed by atoms with Gasteiger partial charge in [-0.25, -0.2) is 18.3 Å². The molecule has 0 aromatic rings. The third kappa shape index (κ3) is 4.90. The van der Waals surface area contributed by atoms with Crippen molar-refractivity contribution < 1.29 is 21.6 Å². The summed E-state index contributed by atoms with van der Waals surface area (Å²) in [5.41, 5.74) is 0. The van der Waals surface area contributed by atoms with Crippen LogP contribution >= 0.6 is 0 Å². The molecular formula is C11H21N3O5S2. The topological polar surface area (TPSA) is 127 Å². The molecule has 2 heterocycles. The summed E-state index contributed by atoms with van der Waals surface area (Å²) in [4.78, 5) is 14.0. The minimum atomic E-state index is -3.73. The van der Waals surface area contributed by atoms with Crippen molar-refractivity contribution in [2.24, 2.45) is 17.0 Å². The zero-order chi connectivity index (χ0) is 15.7. The minimum absolute atomic E-state index is 0.0130. The normalized spacial score (nSPS) is 29.5. The highest BCUT2D eigenvalue weighted by Crippen LogP contribution is 2.24. The van der Waals surface area contributed by atoms with Crippen molar-refractivity contribution in [2.75, 3.05) is 31.1 Å². The van der Waals surface area contributed by atoms with E-state index in [9.17, 15) is 21.6 Å². The molecular weight excluding hydrogens is 318 g/mol. The first-order valence-corrected chi connectivity index (χ1v) is 10.3. The Balaban J connectivity index is 1.90. The monoisotopic (exact) mass is 339 g/mol. The lowest BCUT2D eigenvalue weighted by Gasteiger charge is -2.34. The summed E-state index contributed by atoms with van der Waals surface area (Å²) < 4.78 is 46.9. The van der Waals surface area contributed by atoms with Crippen LogP contribution in [0.25, 0.3) is 0 Å². The highest BCUT2D eigenvalue weighted by Gasteiger charge is 2.36. The van der Waals surface area contributed by atoms with Gasteiger partial charge >= 0.3 is 0 Å². The molecule has 2 fully saturated rings. The Hall–Kier alpha value is -0.710. The zero-order valence-corrected chi connectivity index (χ0v) is 13.3. The van der Waals surface area contributed by atoms with Crippen LogP contribution in [0, 0.1) is 11.8 Å². The predicted molar refractivity (Wildman–Crippen MR) is 77.2 cm³/mol. The molecule has 21 heavy (non-hydrogen) atoms. The second-order valence-electron chi connectivity index (χ2n) is 5.79. The van der Waals surface area contributed by atoms with E-state index in [1.807, 2.05) is 0 Å². The van der Waals surface area contributed by atoms with Gasteiger partial charge in [0.2, 0.25) is 5.91 Å². The molecule has 0 radical (unpaired) electrons. The number of rotatable bonds is 4. The van der Waals surface area contributed by atoms with Gasteiger partial charge in [0.15, 0.2) is 9.84 Å². The van der Waals surface area contributed by atoms with Crippen LogP contribution in [0.5, 0.6) is 0 Å². The number of hydrogen-bond acceptors (Lipinski definition) is 5. The second-order valence-corrected chi connectivity index (χ2v) is 9.39. The van der Waals surface area contributed by atoms with E-state index >= 15 is 0 Å². The van der Waals surface area contributed by atoms with E-state index in [-0.39, 0.29) is 29.9 Å². The maximum Gasteiger partial charge on any atom is 0.274 e. The number of sulfone groups is 1. The molecule has 2 aliphatic rings. The van der Waals surface area contributed by atoms with Crippen LogP contribution in [0.4, 0.5) is 0 Å². The molecule has 10 heteroatoms. The van der Waals surface area contributed by atoms with Crippen molar-refractivity contribution in [2.45, 2.75) is 19.3 Å². The zero-order valence-electron chi connectivity index (χ0n) is 11.7. The van der Waals surface area contributed by atoms with Crippen LogP contribution in [0.1, 0.15) is 19.3 Å². The average molecular weight is 339 g/mol. The van der Waals surface area contributed by atoms with Crippen molar-refractivity contribution in [3.8, 4) is 0 Å². The molecule has 8 nitrogen and oxygen atoms in total. The van der Waals surface area contributed by atoms with E-state index in [0.717, 1.165) is 12.8 Å². The van der Waals surface area contributed by atoms with Crippen LogP contribution < -0.4 is 9.86 Å². The van der Waals surface area contributed by atoms with Crippen LogP contribution in [-0.2, 0) is 24.8 Å². The molecule has 1 amide bonds. The van der Waals surface area contributed by atoms with E-state index in [2.05, 4.69) is 4.72 Å². The van der Waals surface area contributed by atoms with Gasteiger partial charge in [-0.3, -0.25) is 4.79 Å². The summed E-state index contributed by atoms with van der Waals surface area (Å²) >= 11 is 0. The molecule has 0 bridgehead atoms. The van der Waals surface area contributed by atoms with Gasteiger partial charge in [-0.05, 0) is 25.2 Å². The lowest BCUT2D eigenvalue weighted by atomic mass is 9.96. The summed E-state index contributed by atoms with van der Waals surface area (Å²) in [7, 11) is -6.80.